The lowest BCUT2D eigenvalue weighted by molar-refractivity contribution is -0.274. The molecule has 5 rings (SSSR count). The highest BCUT2D eigenvalue weighted by Gasteiger charge is 2.31. The van der Waals surface area contributed by atoms with Crippen LogP contribution < -0.4 is 14.8 Å². The van der Waals surface area contributed by atoms with Crippen LogP contribution >= 0.6 is 0 Å². The summed E-state index contributed by atoms with van der Waals surface area (Å²) in [7, 11) is 0. The lowest BCUT2D eigenvalue weighted by atomic mass is 9.89. The number of amides is 1. The summed E-state index contributed by atoms with van der Waals surface area (Å²) in [6.07, 6.45) is -3.21. The highest BCUT2D eigenvalue weighted by molar-refractivity contribution is 6.02. The molecule has 0 fully saturated rings. The van der Waals surface area contributed by atoms with Crippen LogP contribution in [0.15, 0.2) is 103 Å². The van der Waals surface area contributed by atoms with Crippen molar-refractivity contribution in [2.24, 2.45) is 5.92 Å². The van der Waals surface area contributed by atoms with Gasteiger partial charge in [0.15, 0.2) is 5.78 Å². The van der Waals surface area contributed by atoms with Crippen LogP contribution in [-0.4, -0.2) is 40.2 Å². The van der Waals surface area contributed by atoms with E-state index >= 15 is 0 Å². The van der Waals surface area contributed by atoms with E-state index < -0.39 is 18.2 Å². The number of carbonyl (C=O) groups excluding carboxylic acids is 2. The van der Waals surface area contributed by atoms with Gasteiger partial charge in [-0.2, -0.15) is 0 Å². The minimum Gasteiger partial charge on any atom is -0.489 e. The summed E-state index contributed by atoms with van der Waals surface area (Å²) in [6, 6.07) is 29.6. The Morgan fingerprint density at radius 2 is 1.52 bits per heavy atom. The number of fused-ring (bicyclic) bond motifs is 1. The van der Waals surface area contributed by atoms with Crippen molar-refractivity contribution in [3.05, 3.63) is 131 Å². The fourth-order valence-corrected chi connectivity index (χ4v) is 5.78. The van der Waals surface area contributed by atoms with Crippen LogP contribution in [0.5, 0.6) is 11.5 Å². The minimum absolute atomic E-state index is 0.0170. The molecule has 4 aromatic carbocycles. The van der Waals surface area contributed by atoms with Crippen LogP contribution in [0.2, 0.25) is 0 Å². The zero-order valence-corrected chi connectivity index (χ0v) is 27.4. The Bertz CT molecular complexity index is 1920. The summed E-state index contributed by atoms with van der Waals surface area (Å²) in [6.45, 7) is 2.61. The zero-order valence-electron chi connectivity index (χ0n) is 27.4. The van der Waals surface area contributed by atoms with Gasteiger partial charge in [0, 0.05) is 35.5 Å². The summed E-state index contributed by atoms with van der Waals surface area (Å²) in [5, 5.41) is 12.2. The molecule has 8 nitrogen and oxygen atoms in total. The van der Waals surface area contributed by atoms with E-state index in [4.69, 9.17) is 9.84 Å². The third-order valence-electron chi connectivity index (χ3n) is 8.20. The van der Waals surface area contributed by atoms with Crippen LogP contribution in [0.3, 0.4) is 0 Å². The molecule has 0 aliphatic rings. The predicted octanol–water partition coefficient (Wildman–Crippen LogP) is 8.21. The number of Topliss-reactive ketones (excluding diaryl/α,β-unsaturated/α-hetero) is 1. The molecule has 0 aliphatic heterocycles. The lowest BCUT2D eigenvalue weighted by Crippen LogP contribution is -2.26. The Morgan fingerprint density at radius 1 is 0.840 bits per heavy atom. The number of halogens is 3. The first kappa shape index (κ1) is 35.7. The van der Waals surface area contributed by atoms with Crippen LogP contribution in [0, 0.1) is 5.92 Å². The molecule has 1 atom stereocenters. The van der Waals surface area contributed by atoms with Gasteiger partial charge in [-0.3, -0.25) is 14.4 Å². The van der Waals surface area contributed by atoms with Gasteiger partial charge in [-0.1, -0.05) is 67.9 Å². The normalized spacial score (nSPS) is 12.0. The summed E-state index contributed by atoms with van der Waals surface area (Å²) in [4.78, 5) is 37.5. The van der Waals surface area contributed by atoms with Crippen LogP contribution in [0.4, 0.5) is 13.2 Å². The van der Waals surface area contributed by atoms with Gasteiger partial charge in [-0.05, 0) is 78.1 Å². The number of nitrogens with zero attached hydrogens (tertiary/aromatic N) is 1. The Morgan fingerprint density at radius 3 is 2.18 bits per heavy atom. The molecular formula is C39H37F3N2O6. The minimum atomic E-state index is -4.80. The Hall–Kier alpha value is -5.58. The molecule has 0 aliphatic carbocycles. The number of benzene rings is 4. The number of carboxylic acid groups (broad SMARTS) is 1. The van der Waals surface area contributed by atoms with Gasteiger partial charge >= 0.3 is 12.3 Å². The number of aromatic nitrogens is 1. The molecule has 0 spiro atoms. The molecule has 260 valence electrons. The topological polar surface area (TPSA) is 107 Å². The van der Waals surface area contributed by atoms with E-state index in [9.17, 15) is 27.6 Å². The maximum atomic E-state index is 14.4. The van der Waals surface area contributed by atoms with Crippen LogP contribution in [0.25, 0.3) is 10.9 Å². The van der Waals surface area contributed by atoms with Gasteiger partial charge in [0.2, 0.25) is 0 Å². The quantitative estimate of drug-likeness (QED) is 0.101. The Labute approximate surface area is 287 Å². The SMILES string of the molecule is CCCC(Cc1ccc(C(=O)NCCC(=O)O)cc1)C(=O)c1cc2cc(OCc3ccccc3)ccc2n1Cc1ccc(OC(F)(F)F)cc1. The summed E-state index contributed by atoms with van der Waals surface area (Å²) in [5.41, 5.74) is 4.16. The first-order chi connectivity index (χ1) is 24.0. The number of hydrogen-bond acceptors (Lipinski definition) is 5. The fraction of sp³-hybridized carbons (Fsp3) is 0.256. The predicted molar refractivity (Wildman–Crippen MR) is 182 cm³/mol. The van der Waals surface area contributed by atoms with E-state index in [-0.39, 0.29) is 37.0 Å². The molecular weight excluding hydrogens is 649 g/mol. The van der Waals surface area contributed by atoms with Gasteiger partial charge in [0.25, 0.3) is 5.91 Å². The van der Waals surface area contributed by atoms with E-state index in [0.29, 0.717) is 42.0 Å². The van der Waals surface area contributed by atoms with Crippen molar-refractivity contribution in [3.63, 3.8) is 0 Å². The van der Waals surface area contributed by atoms with E-state index in [2.05, 4.69) is 10.1 Å². The van der Waals surface area contributed by atoms with Crippen molar-refractivity contribution in [1.82, 2.24) is 9.88 Å². The number of aliphatic carboxylic acids is 1. The van der Waals surface area contributed by atoms with E-state index in [1.165, 1.54) is 12.1 Å². The van der Waals surface area contributed by atoms with Crippen molar-refractivity contribution >= 4 is 28.6 Å². The van der Waals surface area contributed by atoms with Gasteiger partial charge in [-0.25, -0.2) is 0 Å². The van der Waals surface area contributed by atoms with Crippen LogP contribution in [0.1, 0.15) is 63.7 Å². The molecule has 0 bridgehead atoms. The highest BCUT2D eigenvalue weighted by Crippen LogP contribution is 2.30. The van der Waals surface area contributed by atoms with Crippen molar-refractivity contribution in [1.29, 1.82) is 0 Å². The third kappa shape index (κ3) is 9.74. The number of alkyl halides is 3. The summed E-state index contributed by atoms with van der Waals surface area (Å²) >= 11 is 0. The standard InChI is InChI=1S/C39H37F3N2O6/c1-2-6-30(21-26-9-13-29(14-10-26)38(48)43-20-19-36(45)46)37(47)35-23-31-22-33(49-25-28-7-4-3-5-8-28)17-18-34(31)44(35)24-27-11-15-32(16-12-27)50-39(40,41)42/h3-5,7-18,22-23,30H,2,6,19-21,24-25H2,1H3,(H,43,48)(H,45,46). The van der Waals surface area contributed by atoms with Crippen molar-refractivity contribution in [3.8, 4) is 11.5 Å². The molecule has 0 saturated carbocycles. The first-order valence-corrected chi connectivity index (χ1v) is 16.3. The molecule has 0 saturated heterocycles. The number of rotatable bonds is 16. The van der Waals surface area contributed by atoms with E-state index in [0.717, 1.165) is 28.5 Å². The Kier molecular flexibility index (Phi) is 11.6. The van der Waals surface area contributed by atoms with E-state index in [1.54, 1.807) is 36.4 Å². The number of ether oxygens (including phenoxy) is 2. The number of ketones is 1. The average molecular weight is 687 g/mol. The Balaban J connectivity index is 1.41. The largest absolute Gasteiger partial charge is 0.573 e. The summed E-state index contributed by atoms with van der Waals surface area (Å²) in [5.74, 6) is -1.56. The van der Waals surface area contributed by atoms with Gasteiger partial charge in [0.05, 0.1) is 12.1 Å². The second-order valence-corrected chi connectivity index (χ2v) is 12.0. The van der Waals surface area contributed by atoms with E-state index in [1.807, 2.05) is 66.1 Å². The fourth-order valence-electron chi connectivity index (χ4n) is 5.78. The number of carboxylic acids is 1. The second-order valence-electron chi connectivity index (χ2n) is 12.0. The number of hydrogen-bond donors (Lipinski definition) is 2. The monoisotopic (exact) mass is 686 g/mol. The average Bonchev–Trinajstić information content (AvgIpc) is 3.44. The lowest BCUT2D eigenvalue weighted by Gasteiger charge is -2.18. The maximum absolute atomic E-state index is 14.4. The number of carbonyl (C=O) groups is 3. The molecule has 1 unspecified atom stereocenters. The molecule has 11 heteroatoms. The molecule has 5 aromatic rings. The molecule has 1 amide bonds. The van der Waals surface area contributed by atoms with Crippen molar-refractivity contribution in [2.45, 2.75) is 52.1 Å². The van der Waals surface area contributed by atoms with Crippen LogP contribution in [-0.2, 0) is 24.4 Å². The van der Waals surface area contributed by atoms with Gasteiger partial charge in [-0.15, -0.1) is 13.2 Å². The second kappa shape index (κ2) is 16.2. The third-order valence-corrected chi connectivity index (χ3v) is 8.20. The molecule has 50 heavy (non-hydrogen) atoms. The molecule has 1 aromatic heterocycles. The smallest absolute Gasteiger partial charge is 0.489 e. The van der Waals surface area contributed by atoms with Gasteiger partial charge in [0.1, 0.15) is 18.1 Å². The molecule has 1 heterocycles. The van der Waals surface area contributed by atoms with Crippen molar-refractivity contribution in [2.75, 3.05) is 6.54 Å². The maximum Gasteiger partial charge on any atom is 0.573 e. The van der Waals surface area contributed by atoms with Crippen molar-refractivity contribution < 1.29 is 42.1 Å². The number of nitrogens with one attached hydrogen (secondary N) is 1. The molecule has 0 radical (unpaired) electrons. The summed E-state index contributed by atoms with van der Waals surface area (Å²) < 4.78 is 50.2. The van der Waals surface area contributed by atoms with Gasteiger partial charge < -0.3 is 24.5 Å². The highest BCUT2D eigenvalue weighted by atomic mass is 19.4. The zero-order chi connectivity index (χ0) is 35.7. The molecule has 2 N–H and O–H groups in total. The first-order valence-electron chi connectivity index (χ1n) is 16.3.